The standard InChI is InChI=1S/C22H23FN4O2S/c1-15-11-16(2)20(27-9-6-10-30(27)29)12-19(15)24-22-25-21(28)18(23)14-26(22)13-17-7-4-3-5-8-17/h3-5,7-8,11-12,14H,6,9-10,13H2,1-2H3,(H,24,25,28). The number of anilines is 3. The Labute approximate surface area is 177 Å². The van der Waals surface area contributed by atoms with Gasteiger partial charge in [0.1, 0.15) is 11.0 Å². The molecule has 0 amide bonds. The monoisotopic (exact) mass is 426 g/mol. The van der Waals surface area contributed by atoms with Gasteiger partial charge in [0.25, 0.3) is 0 Å². The maximum Gasteiger partial charge on any atom is 0.310 e. The van der Waals surface area contributed by atoms with Crippen molar-refractivity contribution >= 4 is 28.3 Å². The Morgan fingerprint density at radius 1 is 1.17 bits per heavy atom. The summed E-state index contributed by atoms with van der Waals surface area (Å²) in [6.45, 7) is 5.04. The van der Waals surface area contributed by atoms with Crippen molar-refractivity contribution < 1.29 is 8.60 Å². The molecule has 0 spiro atoms. The Kier molecular flexibility index (Phi) is 5.67. The molecule has 0 saturated carbocycles. The van der Waals surface area contributed by atoms with Crippen LogP contribution in [0.25, 0.3) is 0 Å². The molecule has 6 nitrogen and oxygen atoms in total. The summed E-state index contributed by atoms with van der Waals surface area (Å²) in [6.07, 6.45) is 2.06. The largest absolute Gasteiger partial charge is 0.325 e. The third-order valence-corrected chi connectivity index (χ3v) is 6.64. The van der Waals surface area contributed by atoms with E-state index in [1.807, 2.05) is 60.6 Å². The Hall–Kier alpha value is -3.00. The molecule has 2 aromatic carbocycles. The van der Waals surface area contributed by atoms with Gasteiger partial charge in [-0.25, -0.2) is 4.21 Å². The fourth-order valence-electron chi connectivity index (χ4n) is 3.61. The van der Waals surface area contributed by atoms with Crippen LogP contribution in [0.5, 0.6) is 0 Å². The lowest BCUT2D eigenvalue weighted by molar-refractivity contribution is 0.579. The zero-order valence-electron chi connectivity index (χ0n) is 16.9. The molecule has 1 fully saturated rings. The first-order valence-corrected chi connectivity index (χ1v) is 11.0. The predicted molar refractivity (Wildman–Crippen MR) is 118 cm³/mol. The van der Waals surface area contributed by atoms with Crippen LogP contribution >= 0.6 is 0 Å². The molecular formula is C22H23FN4O2S. The molecule has 1 unspecified atom stereocenters. The van der Waals surface area contributed by atoms with Gasteiger partial charge < -0.3 is 9.88 Å². The van der Waals surface area contributed by atoms with Crippen molar-refractivity contribution in [3.8, 4) is 0 Å². The van der Waals surface area contributed by atoms with E-state index in [0.717, 1.165) is 41.0 Å². The molecule has 156 valence electrons. The molecule has 1 aliphatic rings. The Morgan fingerprint density at radius 2 is 1.93 bits per heavy atom. The van der Waals surface area contributed by atoms with Crippen molar-refractivity contribution in [2.24, 2.45) is 0 Å². The molecule has 1 aliphatic heterocycles. The molecule has 0 aliphatic carbocycles. The summed E-state index contributed by atoms with van der Waals surface area (Å²) in [7, 11) is -1.04. The van der Waals surface area contributed by atoms with Crippen molar-refractivity contribution in [1.82, 2.24) is 9.55 Å². The van der Waals surface area contributed by atoms with E-state index in [2.05, 4.69) is 10.3 Å². The Morgan fingerprint density at radius 3 is 2.63 bits per heavy atom. The first kappa shape index (κ1) is 20.3. The van der Waals surface area contributed by atoms with E-state index in [1.165, 1.54) is 6.20 Å². The molecule has 1 aromatic heterocycles. The summed E-state index contributed by atoms with van der Waals surface area (Å²) in [4.78, 5) is 15.8. The summed E-state index contributed by atoms with van der Waals surface area (Å²) in [5, 5.41) is 3.19. The maximum atomic E-state index is 14.0. The molecule has 1 N–H and O–H groups in total. The number of nitrogens with one attached hydrogen (secondary N) is 1. The van der Waals surface area contributed by atoms with Crippen LogP contribution in [-0.4, -0.2) is 26.1 Å². The fourth-order valence-corrected chi connectivity index (χ4v) is 4.95. The van der Waals surface area contributed by atoms with Gasteiger partial charge in [-0.2, -0.15) is 9.37 Å². The van der Waals surface area contributed by atoms with Crippen molar-refractivity contribution in [2.75, 3.05) is 21.9 Å². The summed E-state index contributed by atoms with van der Waals surface area (Å²) >= 11 is 0. The quantitative estimate of drug-likeness (QED) is 0.676. The average Bonchev–Trinajstić information content (AvgIpc) is 3.14. The summed E-state index contributed by atoms with van der Waals surface area (Å²) < 4.78 is 29.8. The minimum absolute atomic E-state index is 0.255. The number of hydrogen-bond acceptors (Lipinski definition) is 4. The second kappa shape index (κ2) is 8.39. The maximum absolute atomic E-state index is 14.0. The second-order valence-corrected chi connectivity index (χ2v) is 8.88. The van der Waals surface area contributed by atoms with E-state index in [1.54, 1.807) is 4.57 Å². The lowest BCUT2D eigenvalue weighted by Gasteiger charge is -2.22. The topological polar surface area (TPSA) is 67.2 Å². The van der Waals surface area contributed by atoms with E-state index in [9.17, 15) is 13.4 Å². The van der Waals surface area contributed by atoms with Crippen LogP contribution in [0.1, 0.15) is 23.1 Å². The molecule has 0 bridgehead atoms. The molecule has 2 heterocycles. The molecule has 30 heavy (non-hydrogen) atoms. The van der Waals surface area contributed by atoms with Crippen molar-refractivity contribution in [3.05, 3.63) is 81.5 Å². The number of benzene rings is 2. The number of nitrogens with zero attached hydrogens (tertiary/aromatic N) is 3. The van der Waals surface area contributed by atoms with Crippen LogP contribution in [0.15, 0.2) is 53.5 Å². The van der Waals surface area contributed by atoms with E-state index in [-0.39, 0.29) is 5.95 Å². The molecule has 1 saturated heterocycles. The predicted octanol–water partition coefficient (Wildman–Crippen LogP) is 3.66. The minimum atomic E-state index is -1.04. The molecular weight excluding hydrogens is 403 g/mol. The van der Waals surface area contributed by atoms with Crippen molar-refractivity contribution in [2.45, 2.75) is 26.8 Å². The van der Waals surface area contributed by atoms with E-state index >= 15 is 0 Å². The second-order valence-electron chi connectivity index (χ2n) is 7.39. The van der Waals surface area contributed by atoms with E-state index in [4.69, 9.17) is 0 Å². The highest BCUT2D eigenvalue weighted by Gasteiger charge is 2.23. The van der Waals surface area contributed by atoms with E-state index < -0.39 is 22.4 Å². The van der Waals surface area contributed by atoms with E-state index in [0.29, 0.717) is 12.3 Å². The number of hydrogen-bond donors (Lipinski definition) is 1. The highest BCUT2D eigenvalue weighted by atomic mass is 32.2. The molecule has 1 atom stereocenters. The van der Waals surface area contributed by atoms with Crippen molar-refractivity contribution in [1.29, 1.82) is 0 Å². The highest BCUT2D eigenvalue weighted by molar-refractivity contribution is 7.86. The number of aromatic nitrogens is 2. The van der Waals surface area contributed by atoms with Gasteiger partial charge in [-0.1, -0.05) is 36.4 Å². The van der Waals surface area contributed by atoms with Gasteiger partial charge in [-0.3, -0.25) is 9.10 Å². The minimum Gasteiger partial charge on any atom is -0.325 e. The summed E-state index contributed by atoms with van der Waals surface area (Å²) in [6, 6.07) is 13.5. The number of rotatable bonds is 5. The van der Waals surface area contributed by atoms with Gasteiger partial charge in [0, 0.05) is 24.2 Å². The first-order chi connectivity index (χ1) is 14.4. The van der Waals surface area contributed by atoms with Gasteiger partial charge in [0.05, 0.1) is 12.2 Å². The molecule has 3 aromatic rings. The van der Waals surface area contributed by atoms with Gasteiger partial charge >= 0.3 is 5.56 Å². The average molecular weight is 427 g/mol. The lowest BCUT2D eigenvalue weighted by atomic mass is 10.1. The third-order valence-electron chi connectivity index (χ3n) is 5.13. The molecule has 8 heteroatoms. The number of halogens is 1. The van der Waals surface area contributed by atoms with Crippen LogP contribution < -0.4 is 15.2 Å². The molecule has 4 rings (SSSR count). The van der Waals surface area contributed by atoms with Gasteiger partial charge in [-0.15, -0.1) is 0 Å². The smallest absolute Gasteiger partial charge is 0.310 e. The zero-order chi connectivity index (χ0) is 21.3. The summed E-state index contributed by atoms with van der Waals surface area (Å²) in [5.74, 6) is 0.0163. The van der Waals surface area contributed by atoms with Crippen LogP contribution in [0.3, 0.4) is 0 Å². The van der Waals surface area contributed by atoms with Gasteiger partial charge in [-0.05, 0) is 43.0 Å². The van der Waals surface area contributed by atoms with Crippen LogP contribution in [-0.2, 0) is 17.5 Å². The molecule has 0 radical (unpaired) electrons. The van der Waals surface area contributed by atoms with Crippen LogP contribution in [0, 0.1) is 19.7 Å². The van der Waals surface area contributed by atoms with Crippen LogP contribution in [0.2, 0.25) is 0 Å². The number of aryl methyl sites for hydroxylation is 2. The normalized spacial score (nSPS) is 16.1. The first-order valence-electron chi connectivity index (χ1n) is 9.77. The fraction of sp³-hybridized carbons (Fsp3) is 0.273. The Balaban J connectivity index is 1.72. The summed E-state index contributed by atoms with van der Waals surface area (Å²) in [5.41, 5.74) is 3.65. The van der Waals surface area contributed by atoms with Crippen LogP contribution in [0.4, 0.5) is 21.7 Å². The Bertz CT molecular complexity index is 1160. The highest BCUT2D eigenvalue weighted by Crippen LogP contribution is 2.32. The third kappa shape index (κ3) is 4.14. The van der Waals surface area contributed by atoms with Gasteiger partial charge in [0.15, 0.2) is 0 Å². The SMILES string of the molecule is Cc1cc(C)c(N2CCCS2=O)cc1Nc1nc(=O)c(F)cn1Cc1ccccc1. The zero-order valence-corrected chi connectivity index (χ0v) is 17.7. The lowest BCUT2D eigenvalue weighted by Crippen LogP contribution is -2.22. The van der Waals surface area contributed by atoms with Gasteiger partial charge in [0.2, 0.25) is 11.8 Å². The van der Waals surface area contributed by atoms with Crippen molar-refractivity contribution in [3.63, 3.8) is 0 Å².